The molecule has 0 unspecified atom stereocenters. The van der Waals surface area contributed by atoms with Gasteiger partial charge in [0.2, 0.25) is 0 Å². The second kappa shape index (κ2) is 4.70. The summed E-state index contributed by atoms with van der Waals surface area (Å²) < 4.78 is 23.1. The Labute approximate surface area is 113 Å². The third-order valence-electron chi connectivity index (χ3n) is 3.09. The summed E-state index contributed by atoms with van der Waals surface area (Å²) in [6, 6.07) is 10.5. The quantitative estimate of drug-likeness (QED) is 0.917. The van der Waals surface area contributed by atoms with Crippen LogP contribution in [-0.2, 0) is 9.84 Å². The summed E-state index contributed by atoms with van der Waals surface area (Å²) in [5.74, 6) is 0.281. The number of rotatable bonds is 2. The van der Waals surface area contributed by atoms with Crippen molar-refractivity contribution in [1.29, 1.82) is 0 Å². The van der Waals surface area contributed by atoms with Gasteiger partial charge in [0.25, 0.3) is 0 Å². The number of aromatic hydroxyl groups is 1. The number of hydrogen-bond donors (Lipinski definition) is 1. The van der Waals surface area contributed by atoms with Crippen LogP contribution in [0.2, 0.25) is 0 Å². The van der Waals surface area contributed by atoms with Gasteiger partial charge in [-0.2, -0.15) is 0 Å². The highest BCUT2D eigenvalue weighted by Crippen LogP contribution is 2.30. The summed E-state index contributed by atoms with van der Waals surface area (Å²) in [5, 5.41) is 9.77. The first kappa shape index (κ1) is 13.6. The number of sulfone groups is 1. The predicted octanol–water partition coefficient (Wildman–Crippen LogP) is 3.08. The van der Waals surface area contributed by atoms with Crippen molar-refractivity contribution in [1.82, 2.24) is 0 Å². The van der Waals surface area contributed by atoms with E-state index in [1.807, 2.05) is 32.0 Å². The molecule has 0 aliphatic heterocycles. The molecular weight excluding hydrogens is 260 g/mol. The number of phenols is 1. The van der Waals surface area contributed by atoms with Gasteiger partial charge in [-0.3, -0.25) is 0 Å². The molecule has 0 saturated carbocycles. The molecule has 0 amide bonds. The van der Waals surface area contributed by atoms with Crippen molar-refractivity contribution in [3.05, 3.63) is 47.5 Å². The van der Waals surface area contributed by atoms with Crippen LogP contribution in [0.1, 0.15) is 11.1 Å². The molecule has 2 aromatic rings. The summed E-state index contributed by atoms with van der Waals surface area (Å²) in [6.07, 6.45) is 1.19. The Balaban J connectivity index is 2.60. The molecule has 4 heteroatoms. The van der Waals surface area contributed by atoms with E-state index in [0.29, 0.717) is 4.90 Å². The van der Waals surface area contributed by atoms with Crippen LogP contribution in [0.5, 0.6) is 5.75 Å². The summed E-state index contributed by atoms with van der Waals surface area (Å²) in [7, 11) is -3.21. The maximum atomic E-state index is 11.6. The lowest BCUT2D eigenvalue weighted by Crippen LogP contribution is -1.97. The molecule has 19 heavy (non-hydrogen) atoms. The number of phenolic OH excluding ortho intramolecular Hbond substituents is 1. The van der Waals surface area contributed by atoms with Gasteiger partial charge in [0, 0.05) is 6.26 Å². The molecule has 2 aromatic carbocycles. The Morgan fingerprint density at radius 3 is 2.05 bits per heavy atom. The van der Waals surface area contributed by atoms with E-state index in [1.54, 1.807) is 18.2 Å². The zero-order valence-corrected chi connectivity index (χ0v) is 12.0. The van der Waals surface area contributed by atoms with Gasteiger partial charge >= 0.3 is 0 Å². The Morgan fingerprint density at radius 2 is 1.53 bits per heavy atom. The summed E-state index contributed by atoms with van der Waals surface area (Å²) in [4.78, 5) is 0.299. The van der Waals surface area contributed by atoms with Crippen molar-refractivity contribution < 1.29 is 13.5 Å². The molecule has 1 N–H and O–H groups in total. The normalized spacial score (nSPS) is 11.5. The van der Waals surface area contributed by atoms with Gasteiger partial charge in [-0.05, 0) is 60.4 Å². The third-order valence-corrected chi connectivity index (χ3v) is 4.20. The molecule has 0 bridgehead atoms. The van der Waals surface area contributed by atoms with Crippen LogP contribution in [0.25, 0.3) is 11.1 Å². The van der Waals surface area contributed by atoms with E-state index in [-0.39, 0.29) is 5.75 Å². The minimum atomic E-state index is -3.21. The minimum absolute atomic E-state index is 0.281. The maximum Gasteiger partial charge on any atom is 0.175 e. The Morgan fingerprint density at radius 1 is 0.947 bits per heavy atom. The first-order valence-corrected chi connectivity index (χ1v) is 7.79. The molecule has 0 heterocycles. The average Bonchev–Trinajstić information content (AvgIpc) is 2.34. The van der Waals surface area contributed by atoms with Crippen LogP contribution in [0.4, 0.5) is 0 Å². The molecule has 0 saturated heterocycles. The van der Waals surface area contributed by atoms with E-state index >= 15 is 0 Å². The molecule has 0 aromatic heterocycles. The van der Waals surface area contributed by atoms with E-state index in [9.17, 15) is 13.5 Å². The second-order valence-corrected chi connectivity index (χ2v) is 6.77. The molecular formula is C15H16O3S. The number of aryl methyl sites for hydroxylation is 2. The van der Waals surface area contributed by atoms with Gasteiger partial charge in [0.05, 0.1) is 4.90 Å². The van der Waals surface area contributed by atoms with Crippen molar-refractivity contribution in [3.8, 4) is 16.9 Å². The van der Waals surface area contributed by atoms with Crippen LogP contribution in [0.15, 0.2) is 41.3 Å². The van der Waals surface area contributed by atoms with Crippen molar-refractivity contribution in [2.45, 2.75) is 18.7 Å². The van der Waals surface area contributed by atoms with Gasteiger partial charge in [0.15, 0.2) is 9.84 Å². The largest absolute Gasteiger partial charge is 0.507 e. The highest BCUT2D eigenvalue weighted by atomic mass is 32.2. The van der Waals surface area contributed by atoms with Gasteiger partial charge in [-0.1, -0.05) is 12.1 Å². The summed E-state index contributed by atoms with van der Waals surface area (Å²) in [6.45, 7) is 3.65. The Bertz CT molecular complexity index is 708. The van der Waals surface area contributed by atoms with Crippen LogP contribution in [0.3, 0.4) is 0 Å². The lowest BCUT2D eigenvalue weighted by Gasteiger charge is -2.09. The van der Waals surface area contributed by atoms with E-state index in [1.165, 1.54) is 6.26 Å². The monoisotopic (exact) mass is 276 g/mol. The highest BCUT2D eigenvalue weighted by Gasteiger charge is 2.10. The van der Waals surface area contributed by atoms with Crippen molar-refractivity contribution in [3.63, 3.8) is 0 Å². The van der Waals surface area contributed by atoms with Crippen LogP contribution in [0, 0.1) is 13.8 Å². The first-order valence-electron chi connectivity index (χ1n) is 5.90. The SMILES string of the molecule is Cc1cc(-c2cccc(S(C)(=O)=O)c2)cc(C)c1O. The lowest BCUT2D eigenvalue weighted by atomic mass is 10.00. The van der Waals surface area contributed by atoms with E-state index in [4.69, 9.17) is 0 Å². The molecule has 0 aliphatic rings. The van der Waals surface area contributed by atoms with Crippen molar-refractivity contribution in [2.75, 3.05) is 6.26 Å². The average molecular weight is 276 g/mol. The van der Waals surface area contributed by atoms with Crippen LogP contribution < -0.4 is 0 Å². The fraction of sp³-hybridized carbons (Fsp3) is 0.200. The zero-order valence-electron chi connectivity index (χ0n) is 11.1. The van der Waals surface area contributed by atoms with Gasteiger partial charge in [0.1, 0.15) is 5.75 Å². The molecule has 3 nitrogen and oxygen atoms in total. The van der Waals surface area contributed by atoms with E-state index in [0.717, 1.165) is 22.3 Å². The molecule has 100 valence electrons. The number of benzene rings is 2. The van der Waals surface area contributed by atoms with Crippen LogP contribution in [-0.4, -0.2) is 19.8 Å². The summed E-state index contributed by atoms with van der Waals surface area (Å²) >= 11 is 0. The maximum absolute atomic E-state index is 11.6. The summed E-state index contributed by atoms with van der Waals surface area (Å²) in [5.41, 5.74) is 3.28. The Kier molecular flexibility index (Phi) is 3.37. The van der Waals surface area contributed by atoms with Crippen LogP contribution >= 0.6 is 0 Å². The smallest absolute Gasteiger partial charge is 0.175 e. The molecule has 0 spiro atoms. The second-order valence-electron chi connectivity index (χ2n) is 4.76. The first-order chi connectivity index (χ1) is 8.79. The zero-order chi connectivity index (χ0) is 14.2. The highest BCUT2D eigenvalue weighted by molar-refractivity contribution is 7.90. The topological polar surface area (TPSA) is 54.4 Å². The fourth-order valence-electron chi connectivity index (χ4n) is 2.03. The predicted molar refractivity (Wildman–Crippen MR) is 76.1 cm³/mol. The van der Waals surface area contributed by atoms with Gasteiger partial charge in [-0.15, -0.1) is 0 Å². The third kappa shape index (κ3) is 2.79. The standard InChI is InChI=1S/C15H16O3S/c1-10-7-13(8-11(2)15(10)16)12-5-4-6-14(9-12)19(3,17)18/h4-9,16H,1-3H3. The van der Waals surface area contributed by atoms with Gasteiger partial charge in [-0.25, -0.2) is 8.42 Å². The Hall–Kier alpha value is -1.81. The van der Waals surface area contributed by atoms with Gasteiger partial charge < -0.3 is 5.11 Å². The number of hydrogen-bond acceptors (Lipinski definition) is 3. The van der Waals surface area contributed by atoms with E-state index < -0.39 is 9.84 Å². The fourth-order valence-corrected chi connectivity index (χ4v) is 2.70. The molecule has 2 rings (SSSR count). The molecule has 0 fully saturated rings. The lowest BCUT2D eigenvalue weighted by molar-refractivity contribution is 0.467. The molecule has 0 radical (unpaired) electrons. The van der Waals surface area contributed by atoms with E-state index in [2.05, 4.69) is 0 Å². The van der Waals surface area contributed by atoms with Crippen molar-refractivity contribution in [2.24, 2.45) is 0 Å². The minimum Gasteiger partial charge on any atom is -0.507 e. The van der Waals surface area contributed by atoms with Crippen molar-refractivity contribution >= 4 is 9.84 Å². The molecule has 0 aliphatic carbocycles. The molecule has 0 atom stereocenters.